The lowest BCUT2D eigenvalue weighted by molar-refractivity contribution is 0.0725. The molecule has 2 N–H and O–H groups in total. The van der Waals surface area contributed by atoms with E-state index < -0.39 is 0 Å². The largest absolute Gasteiger partial charge is 0.331 e. The molecule has 6 heteroatoms. The lowest BCUT2D eigenvalue weighted by Crippen LogP contribution is -2.37. The fraction of sp³-hybridized carbons (Fsp3) is 0.250. The Balaban J connectivity index is 1.57. The van der Waals surface area contributed by atoms with Crippen molar-refractivity contribution in [3.05, 3.63) is 77.1 Å². The molecule has 26 heavy (non-hydrogen) atoms. The zero-order valence-electron chi connectivity index (χ0n) is 14.7. The van der Waals surface area contributed by atoms with Crippen LogP contribution >= 0.6 is 0 Å². The van der Waals surface area contributed by atoms with Crippen molar-refractivity contribution < 1.29 is 4.79 Å². The van der Waals surface area contributed by atoms with Crippen molar-refractivity contribution >= 4 is 5.91 Å². The van der Waals surface area contributed by atoms with Crippen LogP contribution in [0.15, 0.2) is 48.8 Å². The molecular weight excluding hydrogens is 326 g/mol. The molecule has 0 unspecified atom stereocenters. The molecule has 0 atom stereocenters. The first kappa shape index (κ1) is 16.5. The van der Waals surface area contributed by atoms with Crippen LogP contribution in [0.1, 0.15) is 33.1 Å². The number of rotatable bonds is 3. The van der Waals surface area contributed by atoms with E-state index in [2.05, 4.69) is 45.7 Å². The highest BCUT2D eigenvalue weighted by Gasteiger charge is 2.26. The summed E-state index contributed by atoms with van der Waals surface area (Å²) in [5.74, 6) is -0.0733. The molecule has 2 aromatic heterocycles. The molecule has 1 aromatic carbocycles. The fourth-order valence-corrected chi connectivity index (χ4v) is 3.28. The molecule has 1 amide bonds. The third-order valence-corrected chi connectivity index (χ3v) is 4.75. The number of aromatic nitrogens is 3. The summed E-state index contributed by atoms with van der Waals surface area (Å²) in [6, 6.07) is 13.8. The van der Waals surface area contributed by atoms with Crippen LogP contribution in [0.5, 0.6) is 0 Å². The Kier molecular flexibility index (Phi) is 4.26. The van der Waals surface area contributed by atoms with E-state index in [1.807, 2.05) is 18.5 Å². The Morgan fingerprint density at radius 1 is 1.19 bits per heavy atom. The van der Waals surface area contributed by atoms with Gasteiger partial charge >= 0.3 is 0 Å². The average Bonchev–Trinajstić information content (AvgIpc) is 3.11. The first-order chi connectivity index (χ1) is 12.7. The Morgan fingerprint density at radius 2 is 2.00 bits per heavy atom. The number of hydrogen-bond acceptors (Lipinski definition) is 4. The van der Waals surface area contributed by atoms with Crippen LogP contribution in [-0.4, -0.2) is 31.9 Å². The summed E-state index contributed by atoms with van der Waals surface area (Å²) in [4.78, 5) is 23.5. The number of pyridine rings is 1. The molecule has 1 aliphatic rings. The predicted octanol–water partition coefficient (Wildman–Crippen LogP) is 2.23. The number of benzene rings is 1. The van der Waals surface area contributed by atoms with Crippen molar-refractivity contribution in [3.63, 3.8) is 0 Å². The van der Waals surface area contributed by atoms with Gasteiger partial charge in [0.1, 0.15) is 5.69 Å². The van der Waals surface area contributed by atoms with E-state index in [1.54, 1.807) is 11.0 Å². The minimum atomic E-state index is -0.0733. The normalized spacial score (nSPS) is 13.5. The summed E-state index contributed by atoms with van der Waals surface area (Å²) in [7, 11) is 0. The van der Waals surface area contributed by atoms with Gasteiger partial charge in [-0.25, -0.2) is 9.97 Å². The smallest absolute Gasteiger partial charge is 0.272 e. The highest BCUT2D eigenvalue weighted by atomic mass is 16.2. The van der Waals surface area contributed by atoms with Gasteiger partial charge in [-0.15, -0.1) is 0 Å². The molecule has 4 rings (SSSR count). The van der Waals surface area contributed by atoms with Crippen LogP contribution in [0.2, 0.25) is 0 Å². The van der Waals surface area contributed by atoms with E-state index in [1.165, 1.54) is 11.3 Å². The zero-order valence-corrected chi connectivity index (χ0v) is 14.7. The zero-order chi connectivity index (χ0) is 18.1. The average molecular weight is 347 g/mol. The maximum atomic E-state index is 12.8. The summed E-state index contributed by atoms with van der Waals surface area (Å²) in [6.45, 7) is 3.55. The Morgan fingerprint density at radius 3 is 2.77 bits per heavy atom. The molecule has 0 spiro atoms. The van der Waals surface area contributed by atoms with Gasteiger partial charge in [-0.05, 0) is 31.2 Å². The molecule has 1 aliphatic heterocycles. The number of carbonyl (C=O) groups is 1. The predicted molar refractivity (Wildman–Crippen MR) is 98.9 cm³/mol. The number of nitrogens with two attached hydrogens (primary N) is 1. The van der Waals surface area contributed by atoms with Gasteiger partial charge in [0.2, 0.25) is 0 Å². The van der Waals surface area contributed by atoms with Gasteiger partial charge in [0.25, 0.3) is 5.91 Å². The molecule has 3 heterocycles. The van der Waals surface area contributed by atoms with Crippen molar-refractivity contribution in [1.29, 1.82) is 0 Å². The topological polar surface area (TPSA) is 77.0 Å². The number of aryl methyl sites for hydroxylation is 1. The van der Waals surface area contributed by atoms with Crippen molar-refractivity contribution in [1.82, 2.24) is 19.4 Å². The summed E-state index contributed by atoms with van der Waals surface area (Å²) < 4.78 is 2.11. The molecule has 132 valence electrons. The second kappa shape index (κ2) is 6.72. The lowest BCUT2D eigenvalue weighted by atomic mass is 10.1. The van der Waals surface area contributed by atoms with Gasteiger partial charge in [0.15, 0.2) is 0 Å². The van der Waals surface area contributed by atoms with Crippen molar-refractivity contribution in [3.8, 4) is 5.69 Å². The third-order valence-electron chi connectivity index (χ3n) is 4.75. The number of hydrogen-bond donors (Lipinski definition) is 1. The number of carbonyl (C=O) groups excluding carboxylic acids is 1. The Labute approximate surface area is 152 Å². The first-order valence-corrected chi connectivity index (χ1v) is 8.73. The van der Waals surface area contributed by atoms with E-state index in [0.29, 0.717) is 25.3 Å². The molecular formula is C20H21N5O. The van der Waals surface area contributed by atoms with Gasteiger partial charge < -0.3 is 15.2 Å². The number of nitrogens with zero attached hydrogens (tertiary/aromatic N) is 4. The SMILES string of the molecule is Cc1ccc(-n2cnc3c2CCN(C(=O)c2cccc(CN)n2)C3)cc1. The van der Waals surface area contributed by atoms with E-state index in [0.717, 1.165) is 23.5 Å². The Bertz CT molecular complexity index is 945. The number of imidazole rings is 1. The van der Waals surface area contributed by atoms with Crippen LogP contribution in [0.4, 0.5) is 0 Å². The molecule has 6 nitrogen and oxygen atoms in total. The van der Waals surface area contributed by atoms with Gasteiger partial charge in [-0.2, -0.15) is 0 Å². The molecule has 0 bridgehead atoms. The monoisotopic (exact) mass is 347 g/mol. The van der Waals surface area contributed by atoms with Gasteiger partial charge in [-0.1, -0.05) is 23.8 Å². The summed E-state index contributed by atoms with van der Waals surface area (Å²) in [5, 5.41) is 0. The number of amides is 1. The van der Waals surface area contributed by atoms with E-state index in [4.69, 9.17) is 5.73 Å². The molecule has 0 fully saturated rings. The Hall–Kier alpha value is -2.99. The van der Waals surface area contributed by atoms with Gasteiger partial charge in [0.05, 0.1) is 24.3 Å². The number of fused-ring (bicyclic) bond motifs is 1. The third kappa shape index (κ3) is 2.99. The van der Waals surface area contributed by atoms with E-state index in [-0.39, 0.29) is 5.91 Å². The minimum absolute atomic E-state index is 0.0733. The lowest BCUT2D eigenvalue weighted by Gasteiger charge is -2.27. The van der Waals surface area contributed by atoms with Crippen molar-refractivity contribution in [2.24, 2.45) is 5.73 Å². The minimum Gasteiger partial charge on any atom is -0.331 e. The summed E-state index contributed by atoms with van der Waals surface area (Å²) in [5.41, 5.74) is 11.2. The van der Waals surface area contributed by atoms with Crippen LogP contribution in [0.25, 0.3) is 5.69 Å². The summed E-state index contributed by atoms with van der Waals surface area (Å²) in [6.07, 6.45) is 2.61. The van der Waals surface area contributed by atoms with E-state index in [9.17, 15) is 4.79 Å². The molecule has 0 aliphatic carbocycles. The van der Waals surface area contributed by atoms with Gasteiger partial charge in [0, 0.05) is 30.9 Å². The van der Waals surface area contributed by atoms with Crippen molar-refractivity contribution in [2.45, 2.75) is 26.4 Å². The van der Waals surface area contributed by atoms with E-state index >= 15 is 0 Å². The van der Waals surface area contributed by atoms with Crippen LogP contribution in [0, 0.1) is 6.92 Å². The summed E-state index contributed by atoms with van der Waals surface area (Å²) >= 11 is 0. The van der Waals surface area contributed by atoms with Crippen molar-refractivity contribution in [2.75, 3.05) is 6.54 Å². The molecule has 0 radical (unpaired) electrons. The highest BCUT2D eigenvalue weighted by Crippen LogP contribution is 2.22. The quantitative estimate of drug-likeness (QED) is 0.788. The maximum Gasteiger partial charge on any atom is 0.272 e. The molecule has 3 aromatic rings. The van der Waals surface area contributed by atoms with Crippen LogP contribution in [-0.2, 0) is 19.5 Å². The van der Waals surface area contributed by atoms with Gasteiger partial charge in [-0.3, -0.25) is 4.79 Å². The highest BCUT2D eigenvalue weighted by molar-refractivity contribution is 5.92. The van der Waals surface area contributed by atoms with Crippen LogP contribution in [0.3, 0.4) is 0 Å². The first-order valence-electron chi connectivity index (χ1n) is 8.73. The standard InChI is InChI=1S/C20H21N5O/c1-14-5-7-16(8-6-14)25-13-22-18-12-24(10-9-19(18)25)20(26)17-4-2-3-15(11-21)23-17/h2-8,13H,9-12,21H2,1H3. The molecule has 0 saturated carbocycles. The van der Waals surface area contributed by atoms with Crippen LogP contribution < -0.4 is 5.73 Å². The second-order valence-electron chi connectivity index (χ2n) is 6.54. The fourth-order valence-electron chi connectivity index (χ4n) is 3.28. The molecule has 0 saturated heterocycles. The second-order valence-corrected chi connectivity index (χ2v) is 6.54. The maximum absolute atomic E-state index is 12.8.